The predicted molar refractivity (Wildman–Crippen MR) is 95.1 cm³/mol. The van der Waals surface area contributed by atoms with Gasteiger partial charge >= 0.3 is 0 Å². The molecular weight excluding hydrogens is 320 g/mol. The number of benzene rings is 1. The first-order chi connectivity index (χ1) is 11.7. The van der Waals surface area contributed by atoms with Crippen LogP contribution < -0.4 is 5.84 Å². The summed E-state index contributed by atoms with van der Waals surface area (Å²) in [6.07, 6.45) is 4.00. The number of imidazole rings is 1. The molecule has 1 aromatic carbocycles. The number of aromatic nitrogens is 5. The molecule has 3 aromatic heterocycles. The van der Waals surface area contributed by atoms with Gasteiger partial charge in [0, 0.05) is 23.7 Å². The first kappa shape index (κ1) is 14.8. The van der Waals surface area contributed by atoms with Crippen molar-refractivity contribution in [2.75, 3.05) is 5.84 Å². The lowest BCUT2D eigenvalue weighted by atomic mass is 10.1. The van der Waals surface area contributed by atoms with Gasteiger partial charge in [-0.15, -0.1) is 10.2 Å². The van der Waals surface area contributed by atoms with Gasteiger partial charge in [0.2, 0.25) is 5.16 Å². The second kappa shape index (κ2) is 6.01. The molecule has 0 spiro atoms. The molecule has 0 bridgehead atoms. The van der Waals surface area contributed by atoms with E-state index in [0.717, 1.165) is 16.9 Å². The van der Waals surface area contributed by atoms with Crippen LogP contribution in [0.25, 0.3) is 17.0 Å². The van der Waals surface area contributed by atoms with E-state index in [-0.39, 0.29) is 0 Å². The van der Waals surface area contributed by atoms with Crippen LogP contribution in [-0.4, -0.2) is 24.3 Å². The Hall–Kier alpha value is -2.80. The zero-order valence-electron chi connectivity index (χ0n) is 13.1. The van der Waals surface area contributed by atoms with Crippen molar-refractivity contribution in [1.29, 1.82) is 0 Å². The number of nitrogens with two attached hydrogens (primary N) is 1. The highest BCUT2D eigenvalue weighted by atomic mass is 32.2. The van der Waals surface area contributed by atoms with Gasteiger partial charge < -0.3 is 10.2 Å². The summed E-state index contributed by atoms with van der Waals surface area (Å²) >= 11 is 1.52. The quantitative estimate of drug-likeness (QED) is 0.458. The average molecular weight is 336 g/mol. The summed E-state index contributed by atoms with van der Waals surface area (Å²) < 4.78 is 3.53. The fraction of sp³-hybridized carbons (Fsp3) is 0.118. The molecule has 6 nitrogen and oxygen atoms in total. The Balaban J connectivity index is 1.54. The van der Waals surface area contributed by atoms with E-state index < -0.39 is 0 Å². The van der Waals surface area contributed by atoms with E-state index in [1.165, 1.54) is 22.0 Å². The normalized spacial score (nSPS) is 11.2. The van der Waals surface area contributed by atoms with Crippen molar-refractivity contribution in [1.82, 2.24) is 24.3 Å². The Kier molecular flexibility index (Phi) is 3.70. The highest BCUT2D eigenvalue weighted by Gasteiger charge is 2.13. The molecule has 0 aliphatic rings. The minimum Gasteiger partial charge on any atom is -0.335 e. The molecule has 0 radical (unpaired) electrons. The van der Waals surface area contributed by atoms with Crippen LogP contribution in [0.5, 0.6) is 0 Å². The molecule has 2 N–H and O–H groups in total. The number of fused-ring (bicyclic) bond motifs is 1. The molecule has 120 valence electrons. The van der Waals surface area contributed by atoms with Crippen molar-refractivity contribution in [3.8, 4) is 11.4 Å². The number of thioether (sulfide) groups is 1. The van der Waals surface area contributed by atoms with Crippen LogP contribution in [-0.2, 0) is 5.75 Å². The maximum Gasteiger partial charge on any atom is 0.210 e. The van der Waals surface area contributed by atoms with Crippen LogP contribution in [0.2, 0.25) is 0 Å². The lowest BCUT2D eigenvalue weighted by Gasteiger charge is -2.03. The van der Waals surface area contributed by atoms with Gasteiger partial charge in [0.05, 0.1) is 5.69 Å². The standard InChI is InChI=1S/C17H16N6S/c1-12-5-7-13(8-6-12)16-20-21-17(23(16)18)24-11-14-10-22-9-3-2-4-15(22)19-14/h2-10H,11,18H2,1H3. The minimum absolute atomic E-state index is 0.660. The van der Waals surface area contributed by atoms with Crippen LogP contribution in [0.4, 0.5) is 0 Å². The van der Waals surface area contributed by atoms with Gasteiger partial charge in [-0.2, -0.15) is 0 Å². The molecule has 0 atom stereocenters. The van der Waals surface area contributed by atoms with Gasteiger partial charge in [0.15, 0.2) is 5.82 Å². The number of rotatable bonds is 4. The Morgan fingerprint density at radius 2 is 1.92 bits per heavy atom. The van der Waals surface area contributed by atoms with E-state index in [0.29, 0.717) is 16.7 Å². The van der Waals surface area contributed by atoms with Crippen molar-refractivity contribution in [2.45, 2.75) is 17.8 Å². The summed E-state index contributed by atoms with van der Waals surface area (Å²) in [5.41, 5.74) is 4.06. The smallest absolute Gasteiger partial charge is 0.210 e. The first-order valence-electron chi connectivity index (χ1n) is 7.53. The topological polar surface area (TPSA) is 74.0 Å². The van der Waals surface area contributed by atoms with Crippen molar-refractivity contribution < 1.29 is 0 Å². The number of nitrogen functional groups attached to an aromatic ring is 1. The van der Waals surface area contributed by atoms with Gasteiger partial charge in [-0.1, -0.05) is 47.7 Å². The summed E-state index contributed by atoms with van der Waals surface area (Å²) in [6, 6.07) is 14.0. The lowest BCUT2D eigenvalue weighted by Crippen LogP contribution is -2.11. The minimum atomic E-state index is 0.660. The van der Waals surface area contributed by atoms with Crippen LogP contribution >= 0.6 is 11.8 Å². The van der Waals surface area contributed by atoms with E-state index in [1.807, 2.05) is 66.2 Å². The SMILES string of the molecule is Cc1ccc(-c2nnc(SCc3cn4ccccc4n3)n2N)cc1. The number of pyridine rings is 1. The molecule has 0 aliphatic heterocycles. The Bertz CT molecular complexity index is 953. The molecule has 3 heterocycles. The summed E-state index contributed by atoms with van der Waals surface area (Å²) in [7, 11) is 0. The van der Waals surface area contributed by atoms with Gasteiger partial charge in [0.1, 0.15) is 5.65 Å². The second-order valence-corrected chi connectivity index (χ2v) is 6.47. The third kappa shape index (κ3) is 2.74. The summed E-state index contributed by atoms with van der Waals surface area (Å²) in [6.45, 7) is 2.05. The van der Waals surface area contributed by atoms with Gasteiger partial charge in [-0.3, -0.25) is 0 Å². The molecule has 0 fully saturated rings. The van der Waals surface area contributed by atoms with E-state index in [1.54, 1.807) is 0 Å². The molecule has 4 rings (SSSR count). The molecule has 4 aromatic rings. The largest absolute Gasteiger partial charge is 0.335 e. The highest BCUT2D eigenvalue weighted by Crippen LogP contribution is 2.24. The number of nitrogens with zero attached hydrogens (tertiary/aromatic N) is 5. The van der Waals surface area contributed by atoms with Gasteiger partial charge in [-0.25, -0.2) is 9.66 Å². The van der Waals surface area contributed by atoms with Gasteiger partial charge in [-0.05, 0) is 19.1 Å². The van der Waals surface area contributed by atoms with Crippen molar-refractivity contribution in [3.05, 3.63) is 66.1 Å². The highest BCUT2D eigenvalue weighted by molar-refractivity contribution is 7.98. The molecule has 7 heteroatoms. The van der Waals surface area contributed by atoms with Crippen LogP contribution in [0.1, 0.15) is 11.3 Å². The monoisotopic (exact) mass is 336 g/mol. The predicted octanol–water partition coefficient (Wildman–Crippen LogP) is 2.91. The van der Waals surface area contributed by atoms with Crippen LogP contribution in [0, 0.1) is 6.92 Å². The fourth-order valence-electron chi connectivity index (χ4n) is 2.47. The molecule has 24 heavy (non-hydrogen) atoms. The summed E-state index contributed by atoms with van der Waals surface area (Å²) in [5, 5.41) is 9.08. The Morgan fingerprint density at radius 3 is 2.71 bits per heavy atom. The first-order valence-corrected chi connectivity index (χ1v) is 8.52. The van der Waals surface area contributed by atoms with Crippen molar-refractivity contribution >= 4 is 17.4 Å². The molecule has 0 saturated carbocycles. The number of hydrogen-bond acceptors (Lipinski definition) is 5. The second-order valence-electron chi connectivity index (χ2n) is 5.53. The van der Waals surface area contributed by atoms with Crippen molar-refractivity contribution in [2.24, 2.45) is 0 Å². The number of hydrogen-bond donors (Lipinski definition) is 1. The molecule has 0 saturated heterocycles. The fourth-order valence-corrected chi connectivity index (χ4v) is 3.21. The Morgan fingerprint density at radius 1 is 1.08 bits per heavy atom. The van der Waals surface area contributed by atoms with E-state index in [4.69, 9.17) is 5.84 Å². The molecule has 0 unspecified atom stereocenters. The molecular formula is C17H16N6S. The maximum atomic E-state index is 6.16. The lowest BCUT2D eigenvalue weighted by molar-refractivity contribution is 0.849. The Labute approximate surface area is 143 Å². The maximum absolute atomic E-state index is 6.16. The number of aryl methyl sites for hydroxylation is 1. The third-order valence-corrected chi connectivity index (χ3v) is 4.71. The molecule has 0 amide bonds. The van der Waals surface area contributed by atoms with Crippen LogP contribution in [0.3, 0.4) is 0 Å². The zero-order valence-corrected chi connectivity index (χ0v) is 13.9. The van der Waals surface area contributed by atoms with Crippen LogP contribution in [0.15, 0.2) is 60.0 Å². The van der Waals surface area contributed by atoms with E-state index >= 15 is 0 Å². The summed E-state index contributed by atoms with van der Waals surface area (Å²) in [4.78, 5) is 4.58. The zero-order chi connectivity index (χ0) is 16.5. The van der Waals surface area contributed by atoms with E-state index in [9.17, 15) is 0 Å². The van der Waals surface area contributed by atoms with Crippen molar-refractivity contribution in [3.63, 3.8) is 0 Å². The molecule has 0 aliphatic carbocycles. The average Bonchev–Trinajstić information content (AvgIpc) is 3.17. The summed E-state index contributed by atoms with van der Waals surface area (Å²) in [5.74, 6) is 7.50. The van der Waals surface area contributed by atoms with Gasteiger partial charge in [0.25, 0.3) is 0 Å². The van der Waals surface area contributed by atoms with E-state index in [2.05, 4.69) is 15.2 Å². The third-order valence-electron chi connectivity index (χ3n) is 3.74.